The highest BCUT2D eigenvalue weighted by Gasteiger charge is 2.10. The summed E-state index contributed by atoms with van der Waals surface area (Å²) >= 11 is 0. The number of amides is 1. The van der Waals surface area contributed by atoms with Crippen LogP contribution in [0.3, 0.4) is 0 Å². The molecule has 2 N–H and O–H groups in total. The molecule has 0 saturated heterocycles. The maximum absolute atomic E-state index is 11.7. The number of nitrogens with one attached hydrogen (secondary N) is 1. The van der Waals surface area contributed by atoms with Crippen LogP contribution in [0.15, 0.2) is 48.5 Å². The van der Waals surface area contributed by atoms with E-state index in [2.05, 4.69) is 5.32 Å². The molecule has 0 aliphatic carbocycles. The minimum atomic E-state index is -0.634. The van der Waals surface area contributed by atoms with Gasteiger partial charge in [0.25, 0.3) is 5.91 Å². The van der Waals surface area contributed by atoms with Gasteiger partial charge in [0.15, 0.2) is 6.61 Å². The molecule has 114 valence electrons. The molecule has 0 radical (unpaired) electrons. The Morgan fingerprint density at radius 1 is 1.05 bits per heavy atom. The second-order valence-corrected chi connectivity index (χ2v) is 4.40. The lowest BCUT2D eigenvalue weighted by Crippen LogP contribution is -2.20. The standard InChI is InChI=1S/C16H15NO5/c1-21-14-8-4-12(5-9-14)17-15(19)10-22-16(20)11-2-6-13(18)7-3-11/h2-9,18H,10H2,1H3,(H,17,19). The Kier molecular flexibility index (Phi) is 4.98. The van der Waals surface area contributed by atoms with Crippen molar-refractivity contribution in [1.29, 1.82) is 0 Å². The number of ether oxygens (including phenoxy) is 2. The molecule has 2 aromatic rings. The minimum absolute atomic E-state index is 0.0498. The average molecular weight is 301 g/mol. The zero-order valence-corrected chi connectivity index (χ0v) is 11.9. The van der Waals surface area contributed by atoms with Crippen LogP contribution in [-0.2, 0) is 9.53 Å². The number of carbonyl (C=O) groups excluding carboxylic acids is 2. The normalized spacial score (nSPS) is 9.86. The molecule has 1 amide bonds. The van der Waals surface area contributed by atoms with Gasteiger partial charge >= 0.3 is 5.97 Å². The van der Waals surface area contributed by atoms with E-state index in [-0.39, 0.29) is 11.3 Å². The Hall–Kier alpha value is -3.02. The Balaban J connectivity index is 1.84. The van der Waals surface area contributed by atoms with Crippen molar-refractivity contribution in [3.8, 4) is 11.5 Å². The maximum Gasteiger partial charge on any atom is 0.338 e. The molecule has 0 aliphatic heterocycles. The number of anilines is 1. The Morgan fingerprint density at radius 2 is 1.68 bits per heavy atom. The summed E-state index contributed by atoms with van der Waals surface area (Å²) in [7, 11) is 1.55. The quantitative estimate of drug-likeness (QED) is 0.827. The van der Waals surface area contributed by atoms with Gasteiger partial charge in [-0.1, -0.05) is 0 Å². The predicted molar refractivity (Wildman–Crippen MR) is 80.0 cm³/mol. The fourth-order valence-electron chi connectivity index (χ4n) is 1.68. The number of hydrogen-bond donors (Lipinski definition) is 2. The van der Waals surface area contributed by atoms with Gasteiger partial charge in [-0.25, -0.2) is 4.79 Å². The molecular formula is C16H15NO5. The largest absolute Gasteiger partial charge is 0.508 e. The van der Waals surface area contributed by atoms with Crippen LogP contribution in [0.2, 0.25) is 0 Å². The van der Waals surface area contributed by atoms with E-state index >= 15 is 0 Å². The third-order valence-corrected chi connectivity index (χ3v) is 2.81. The summed E-state index contributed by atoms with van der Waals surface area (Å²) in [6, 6.07) is 12.3. The third-order valence-electron chi connectivity index (χ3n) is 2.81. The van der Waals surface area contributed by atoms with Crippen LogP contribution in [0.25, 0.3) is 0 Å². The van der Waals surface area contributed by atoms with E-state index in [0.717, 1.165) is 0 Å². The first kappa shape index (κ1) is 15.4. The van der Waals surface area contributed by atoms with Crippen molar-refractivity contribution < 1.29 is 24.2 Å². The first-order chi connectivity index (χ1) is 10.6. The van der Waals surface area contributed by atoms with E-state index in [1.54, 1.807) is 31.4 Å². The van der Waals surface area contributed by atoms with Gasteiger partial charge in [-0.05, 0) is 48.5 Å². The van der Waals surface area contributed by atoms with Gasteiger partial charge in [-0.3, -0.25) is 4.79 Å². The number of benzene rings is 2. The molecule has 0 bridgehead atoms. The topological polar surface area (TPSA) is 84.9 Å². The van der Waals surface area contributed by atoms with Gasteiger partial charge < -0.3 is 19.9 Å². The molecule has 0 heterocycles. The van der Waals surface area contributed by atoms with Crippen LogP contribution >= 0.6 is 0 Å². The highest BCUT2D eigenvalue weighted by atomic mass is 16.5. The first-order valence-corrected chi connectivity index (χ1v) is 6.48. The Morgan fingerprint density at radius 3 is 2.27 bits per heavy atom. The smallest absolute Gasteiger partial charge is 0.338 e. The summed E-state index contributed by atoms with van der Waals surface area (Å²) in [5, 5.41) is 11.7. The lowest BCUT2D eigenvalue weighted by molar-refractivity contribution is -0.119. The summed E-state index contributed by atoms with van der Waals surface area (Å²) < 4.78 is 9.90. The number of methoxy groups -OCH3 is 1. The van der Waals surface area contributed by atoms with Crippen molar-refractivity contribution in [1.82, 2.24) is 0 Å². The van der Waals surface area contributed by atoms with Crippen molar-refractivity contribution in [2.24, 2.45) is 0 Å². The van der Waals surface area contributed by atoms with E-state index in [1.807, 2.05) is 0 Å². The molecule has 0 fully saturated rings. The number of esters is 1. The highest BCUT2D eigenvalue weighted by Crippen LogP contribution is 2.15. The fourth-order valence-corrected chi connectivity index (χ4v) is 1.68. The van der Waals surface area contributed by atoms with Gasteiger partial charge in [0, 0.05) is 5.69 Å². The predicted octanol–water partition coefficient (Wildman–Crippen LogP) is 2.20. The number of phenolic OH excluding ortho intramolecular Hbond substituents is 1. The summed E-state index contributed by atoms with van der Waals surface area (Å²) in [5.41, 5.74) is 0.835. The molecule has 2 aromatic carbocycles. The first-order valence-electron chi connectivity index (χ1n) is 6.48. The Labute approximate surface area is 127 Å². The van der Waals surface area contributed by atoms with Crippen LogP contribution in [-0.4, -0.2) is 30.7 Å². The van der Waals surface area contributed by atoms with Crippen molar-refractivity contribution in [3.05, 3.63) is 54.1 Å². The van der Waals surface area contributed by atoms with Crippen LogP contribution in [0.5, 0.6) is 11.5 Å². The number of rotatable bonds is 5. The van der Waals surface area contributed by atoms with Crippen molar-refractivity contribution in [2.45, 2.75) is 0 Å². The molecule has 0 aromatic heterocycles. The van der Waals surface area contributed by atoms with Gasteiger partial charge in [-0.15, -0.1) is 0 Å². The van der Waals surface area contributed by atoms with E-state index in [9.17, 15) is 9.59 Å². The molecule has 0 saturated carbocycles. The summed E-state index contributed by atoms with van der Waals surface area (Å²) in [4.78, 5) is 23.4. The van der Waals surface area contributed by atoms with Crippen LogP contribution in [0.1, 0.15) is 10.4 Å². The van der Waals surface area contributed by atoms with Gasteiger partial charge in [0.05, 0.1) is 12.7 Å². The molecule has 0 aliphatic rings. The highest BCUT2D eigenvalue weighted by molar-refractivity contribution is 5.95. The zero-order valence-electron chi connectivity index (χ0n) is 11.9. The number of hydrogen-bond acceptors (Lipinski definition) is 5. The summed E-state index contributed by atoms with van der Waals surface area (Å²) in [5.74, 6) is -0.354. The van der Waals surface area contributed by atoms with Gasteiger partial charge in [0.1, 0.15) is 11.5 Å². The molecule has 0 atom stereocenters. The van der Waals surface area contributed by atoms with E-state index < -0.39 is 18.5 Å². The zero-order chi connectivity index (χ0) is 15.9. The number of carbonyl (C=O) groups is 2. The third kappa shape index (κ3) is 4.24. The van der Waals surface area contributed by atoms with Crippen molar-refractivity contribution in [3.63, 3.8) is 0 Å². The SMILES string of the molecule is COc1ccc(NC(=O)COC(=O)c2ccc(O)cc2)cc1. The molecule has 0 spiro atoms. The summed E-state index contributed by atoms with van der Waals surface area (Å²) in [6.07, 6.45) is 0. The fraction of sp³-hybridized carbons (Fsp3) is 0.125. The van der Waals surface area contributed by atoms with Gasteiger partial charge in [0.2, 0.25) is 0 Å². The summed E-state index contributed by atoms with van der Waals surface area (Å²) in [6.45, 7) is -0.397. The minimum Gasteiger partial charge on any atom is -0.508 e. The second-order valence-electron chi connectivity index (χ2n) is 4.40. The maximum atomic E-state index is 11.7. The van der Waals surface area contributed by atoms with Gasteiger partial charge in [-0.2, -0.15) is 0 Å². The van der Waals surface area contributed by atoms with Crippen LogP contribution in [0, 0.1) is 0 Å². The lowest BCUT2D eigenvalue weighted by Gasteiger charge is -2.07. The molecule has 2 rings (SSSR count). The molecule has 6 heteroatoms. The molecule has 0 unspecified atom stereocenters. The van der Waals surface area contributed by atoms with Crippen molar-refractivity contribution >= 4 is 17.6 Å². The monoisotopic (exact) mass is 301 g/mol. The van der Waals surface area contributed by atoms with E-state index in [4.69, 9.17) is 14.6 Å². The molecule has 22 heavy (non-hydrogen) atoms. The number of phenols is 1. The van der Waals surface area contributed by atoms with E-state index in [0.29, 0.717) is 11.4 Å². The average Bonchev–Trinajstić information content (AvgIpc) is 2.54. The Bertz CT molecular complexity index is 649. The lowest BCUT2D eigenvalue weighted by atomic mass is 10.2. The van der Waals surface area contributed by atoms with Crippen molar-refractivity contribution in [2.75, 3.05) is 19.0 Å². The molecular weight excluding hydrogens is 286 g/mol. The van der Waals surface area contributed by atoms with Crippen LogP contribution < -0.4 is 10.1 Å². The van der Waals surface area contributed by atoms with E-state index in [1.165, 1.54) is 24.3 Å². The van der Waals surface area contributed by atoms with Crippen LogP contribution in [0.4, 0.5) is 5.69 Å². The second kappa shape index (κ2) is 7.12. The number of aromatic hydroxyl groups is 1. The molecule has 6 nitrogen and oxygen atoms in total.